The van der Waals surface area contributed by atoms with E-state index < -0.39 is 16.8 Å². The maximum atomic E-state index is 12.7. The van der Waals surface area contributed by atoms with Gasteiger partial charge in [0.2, 0.25) is 0 Å². The second kappa shape index (κ2) is 9.18. The summed E-state index contributed by atoms with van der Waals surface area (Å²) in [6.07, 6.45) is 9.54. The molecule has 0 bridgehead atoms. The molecule has 228 valence electrons. The Morgan fingerprint density at radius 2 is 1.38 bits per heavy atom. The molecule has 0 amide bonds. The number of carbonyl (C=O) groups excluding carboxylic acids is 2. The van der Waals surface area contributed by atoms with Gasteiger partial charge < -0.3 is 19.3 Å². The highest BCUT2D eigenvalue weighted by Gasteiger charge is 2.74. The zero-order valence-corrected chi connectivity index (χ0v) is 26.9. The van der Waals surface area contributed by atoms with Crippen molar-refractivity contribution in [3.63, 3.8) is 0 Å². The van der Waals surface area contributed by atoms with Crippen LogP contribution in [0.1, 0.15) is 133 Å². The molecule has 0 spiro atoms. The molecule has 4 saturated carbocycles. The first-order valence-electron chi connectivity index (χ1n) is 16.0. The standard InChI is InChI=1S/C34H56O6/c1-21(35)38-26-14-16-30(7)23(28(26,3)4)13-17-31(8)24(30)11-12-25-32(31,9)19-20-34(25,37)33(10)18-15-27(40-33)29(5,6)39-22(2)36/h23-27,37H,11-20H2,1-10H3/t23?,24?,25?,26-,27-,30+,31-,32-,33+,34-/m1/s1. The molecule has 0 aromatic carbocycles. The second-order valence-electron chi connectivity index (χ2n) is 16.6. The summed E-state index contributed by atoms with van der Waals surface area (Å²) in [4.78, 5) is 23.7. The van der Waals surface area contributed by atoms with Crippen molar-refractivity contribution in [1.82, 2.24) is 0 Å². The van der Waals surface area contributed by atoms with Gasteiger partial charge in [-0.1, -0.05) is 34.6 Å². The monoisotopic (exact) mass is 560 g/mol. The van der Waals surface area contributed by atoms with E-state index in [-0.39, 0.29) is 51.7 Å². The highest BCUT2D eigenvalue weighted by atomic mass is 16.6. The fourth-order valence-electron chi connectivity index (χ4n) is 11.9. The minimum atomic E-state index is -0.902. The van der Waals surface area contributed by atoms with E-state index in [0.717, 1.165) is 64.2 Å². The van der Waals surface area contributed by atoms with Gasteiger partial charge in [-0.2, -0.15) is 0 Å². The Hall–Kier alpha value is -1.14. The molecule has 6 heteroatoms. The third-order valence-corrected chi connectivity index (χ3v) is 14.1. The van der Waals surface area contributed by atoms with Crippen molar-refractivity contribution in [1.29, 1.82) is 0 Å². The summed E-state index contributed by atoms with van der Waals surface area (Å²) in [5.74, 6) is 0.799. The molecule has 5 rings (SSSR count). The summed E-state index contributed by atoms with van der Waals surface area (Å²) < 4.78 is 18.3. The van der Waals surface area contributed by atoms with Crippen molar-refractivity contribution in [2.45, 2.75) is 162 Å². The fourth-order valence-corrected chi connectivity index (χ4v) is 11.9. The Labute approximate surface area is 242 Å². The Morgan fingerprint density at radius 3 is 2.00 bits per heavy atom. The van der Waals surface area contributed by atoms with Gasteiger partial charge in [0.25, 0.3) is 0 Å². The van der Waals surface area contributed by atoms with Gasteiger partial charge >= 0.3 is 11.9 Å². The second-order valence-corrected chi connectivity index (χ2v) is 16.6. The normalized spacial score (nSPS) is 49.9. The Balaban J connectivity index is 1.42. The third-order valence-electron chi connectivity index (χ3n) is 14.1. The van der Waals surface area contributed by atoms with Gasteiger partial charge in [0.15, 0.2) is 0 Å². The van der Waals surface area contributed by atoms with Crippen molar-refractivity contribution in [2.75, 3.05) is 0 Å². The number of hydrogen-bond acceptors (Lipinski definition) is 6. The molecule has 0 radical (unpaired) electrons. The van der Waals surface area contributed by atoms with Gasteiger partial charge in [-0.15, -0.1) is 0 Å². The van der Waals surface area contributed by atoms with Crippen LogP contribution in [0.3, 0.4) is 0 Å². The maximum Gasteiger partial charge on any atom is 0.303 e. The van der Waals surface area contributed by atoms with Gasteiger partial charge in [0.05, 0.1) is 17.3 Å². The zero-order chi connectivity index (χ0) is 29.7. The van der Waals surface area contributed by atoms with Gasteiger partial charge in [-0.25, -0.2) is 0 Å². The highest BCUT2D eigenvalue weighted by molar-refractivity contribution is 5.66. The topological polar surface area (TPSA) is 82.1 Å². The van der Waals surface area contributed by atoms with Crippen LogP contribution in [0.4, 0.5) is 0 Å². The van der Waals surface area contributed by atoms with Crippen molar-refractivity contribution < 1.29 is 28.9 Å². The van der Waals surface area contributed by atoms with Crippen LogP contribution in [-0.4, -0.2) is 46.1 Å². The molecule has 10 atom stereocenters. The predicted molar refractivity (Wildman–Crippen MR) is 154 cm³/mol. The van der Waals surface area contributed by atoms with Crippen molar-refractivity contribution in [3.8, 4) is 0 Å². The summed E-state index contributed by atoms with van der Waals surface area (Å²) in [5.41, 5.74) is -2.01. The van der Waals surface area contributed by atoms with Gasteiger partial charge in [-0.3, -0.25) is 9.59 Å². The minimum absolute atomic E-state index is 0.0143. The molecule has 0 aromatic heterocycles. The van der Waals surface area contributed by atoms with Gasteiger partial charge in [-0.05, 0) is 119 Å². The van der Waals surface area contributed by atoms with Crippen LogP contribution in [0.5, 0.6) is 0 Å². The third kappa shape index (κ3) is 4.00. The molecule has 1 heterocycles. The van der Waals surface area contributed by atoms with Crippen LogP contribution in [0, 0.1) is 39.4 Å². The van der Waals surface area contributed by atoms with Crippen molar-refractivity contribution in [2.24, 2.45) is 39.4 Å². The van der Waals surface area contributed by atoms with E-state index in [1.165, 1.54) is 6.92 Å². The largest absolute Gasteiger partial charge is 0.462 e. The van der Waals surface area contributed by atoms with Crippen molar-refractivity contribution >= 4 is 11.9 Å². The molecule has 4 aliphatic carbocycles. The number of rotatable bonds is 4. The summed E-state index contributed by atoms with van der Waals surface area (Å²) in [6.45, 7) is 21.2. The van der Waals surface area contributed by atoms with E-state index in [1.54, 1.807) is 6.92 Å². The lowest BCUT2D eigenvalue weighted by Gasteiger charge is -2.70. The number of fused-ring (bicyclic) bond motifs is 5. The summed E-state index contributed by atoms with van der Waals surface area (Å²) >= 11 is 0. The number of esters is 2. The number of aliphatic hydroxyl groups is 1. The first kappa shape index (κ1) is 30.3. The van der Waals surface area contributed by atoms with Crippen molar-refractivity contribution in [3.05, 3.63) is 0 Å². The SMILES string of the molecule is CC(=O)O[C@@H]1CC[C@@]2(C)C(CC[C@]3(C)C2CCC2[C@@](O)([C@]4(C)CC[C@H](C(C)(C)OC(C)=O)O4)CC[C@]23C)C1(C)C. The van der Waals surface area contributed by atoms with Crippen LogP contribution in [0.2, 0.25) is 0 Å². The van der Waals surface area contributed by atoms with E-state index >= 15 is 0 Å². The quantitative estimate of drug-likeness (QED) is 0.373. The predicted octanol–water partition coefficient (Wildman–Crippen LogP) is 7.00. The van der Waals surface area contributed by atoms with Crippen LogP contribution in [0.15, 0.2) is 0 Å². The maximum absolute atomic E-state index is 12.7. The summed E-state index contributed by atoms with van der Waals surface area (Å²) in [5, 5.41) is 12.7. The lowest BCUT2D eigenvalue weighted by atomic mass is 9.35. The molecule has 5 aliphatic rings. The van der Waals surface area contributed by atoms with Gasteiger partial charge in [0.1, 0.15) is 11.7 Å². The molecule has 40 heavy (non-hydrogen) atoms. The summed E-state index contributed by atoms with van der Waals surface area (Å²) in [6, 6.07) is 0. The number of ether oxygens (including phenoxy) is 3. The molecule has 1 saturated heterocycles. The Morgan fingerprint density at radius 1 is 0.750 bits per heavy atom. The molecule has 0 aromatic rings. The average Bonchev–Trinajstić information content (AvgIpc) is 3.36. The van der Waals surface area contributed by atoms with E-state index in [1.807, 2.05) is 13.8 Å². The number of hydrogen-bond donors (Lipinski definition) is 1. The van der Waals surface area contributed by atoms with Crippen LogP contribution < -0.4 is 0 Å². The number of carbonyl (C=O) groups is 2. The van der Waals surface area contributed by atoms with Crippen LogP contribution in [0.25, 0.3) is 0 Å². The molecule has 1 N–H and O–H groups in total. The zero-order valence-electron chi connectivity index (χ0n) is 26.9. The molecular formula is C34H56O6. The first-order chi connectivity index (χ1) is 18.3. The lowest BCUT2D eigenvalue weighted by molar-refractivity contribution is -0.256. The molecule has 3 unspecified atom stereocenters. The Bertz CT molecular complexity index is 1050. The average molecular weight is 561 g/mol. The van der Waals surface area contributed by atoms with Gasteiger partial charge in [0, 0.05) is 19.3 Å². The fraction of sp³-hybridized carbons (Fsp3) is 0.941. The molecule has 5 fully saturated rings. The van der Waals surface area contributed by atoms with E-state index in [9.17, 15) is 14.7 Å². The molecular weight excluding hydrogens is 504 g/mol. The highest BCUT2D eigenvalue weighted by Crippen LogP contribution is 2.77. The molecule has 1 aliphatic heterocycles. The van der Waals surface area contributed by atoms with E-state index in [4.69, 9.17) is 14.2 Å². The first-order valence-corrected chi connectivity index (χ1v) is 16.0. The summed E-state index contributed by atoms with van der Waals surface area (Å²) in [7, 11) is 0. The molecule has 6 nitrogen and oxygen atoms in total. The lowest BCUT2D eigenvalue weighted by Crippen LogP contribution is -2.66. The van der Waals surface area contributed by atoms with Crippen LogP contribution >= 0.6 is 0 Å². The van der Waals surface area contributed by atoms with E-state index in [2.05, 4.69) is 41.5 Å². The minimum Gasteiger partial charge on any atom is -0.462 e. The van der Waals surface area contributed by atoms with Crippen LogP contribution in [-0.2, 0) is 23.8 Å². The Kier molecular flexibility index (Phi) is 6.96. The smallest absolute Gasteiger partial charge is 0.303 e. The van der Waals surface area contributed by atoms with E-state index in [0.29, 0.717) is 11.8 Å².